The van der Waals surface area contributed by atoms with Gasteiger partial charge in [-0.2, -0.15) is 11.3 Å². The highest BCUT2D eigenvalue weighted by Crippen LogP contribution is 2.32. The van der Waals surface area contributed by atoms with Crippen molar-refractivity contribution in [2.45, 2.75) is 19.2 Å². The molecule has 0 spiro atoms. The van der Waals surface area contributed by atoms with Crippen LogP contribution < -0.4 is 10.1 Å². The molecule has 0 aliphatic carbocycles. The second-order valence-corrected chi connectivity index (χ2v) is 9.43. The number of hydrogen-bond acceptors (Lipinski definition) is 6. The Labute approximate surface area is 195 Å². The summed E-state index contributed by atoms with van der Waals surface area (Å²) in [5.41, 5.74) is 6.09. The Morgan fingerprint density at radius 1 is 1.12 bits per heavy atom. The molecule has 2 aromatic heterocycles. The number of para-hydroxylation sites is 1. The molecular weight excluding hydrogens is 438 g/mol. The summed E-state index contributed by atoms with van der Waals surface area (Å²) in [5.74, 6) is 0.893. The number of carbonyl (C=O) groups excluding carboxylic acids is 1. The van der Waals surface area contributed by atoms with E-state index in [9.17, 15) is 4.79 Å². The topological polar surface area (TPSA) is 54.5 Å². The van der Waals surface area contributed by atoms with Gasteiger partial charge in [-0.3, -0.25) is 9.69 Å². The Kier molecular flexibility index (Phi) is 6.29. The first kappa shape index (κ1) is 20.9. The molecule has 162 valence electrons. The lowest BCUT2D eigenvalue weighted by Gasteiger charge is -2.23. The molecule has 1 aliphatic heterocycles. The number of amides is 1. The number of benzene rings is 2. The van der Waals surface area contributed by atoms with Gasteiger partial charge in [-0.05, 0) is 22.9 Å². The standard InChI is InChI=1S/C25H23N3O2S2/c29-24(26-12-23-25(27-17-32-23)18-6-2-1-3-7-18)15-28-13-19-8-4-5-9-21(19)30-22(14-28)20-10-11-31-16-20/h1-11,16-17,22H,12-15H2,(H,26,29). The second-order valence-electron chi connectivity index (χ2n) is 7.71. The van der Waals surface area contributed by atoms with Gasteiger partial charge in [0.05, 0.1) is 29.2 Å². The summed E-state index contributed by atoms with van der Waals surface area (Å²) in [6.07, 6.45) is -0.0936. The molecule has 7 heteroatoms. The highest BCUT2D eigenvalue weighted by molar-refractivity contribution is 7.10. The number of thiazole rings is 1. The molecule has 1 amide bonds. The summed E-state index contributed by atoms with van der Waals surface area (Å²) in [6, 6.07) is 20.2. The SMILES string of the molecule is O=C(CN1Cc2ccccc2OC(c2ccsc2)C1)NCc1scnc1-c1ccccc1. The van der Waals surface area contributed by atoms with Gasteiger partial charge in [0, 0.05) is 29.8 Å². The lowest BCUT2D eigenvalue weighted by Crippen LogP contribution is -2.38. The smallest absolute Gasteiger partial charge is 0.234 e. The van der Waals surface area contributed by atoms with Crippen LogP contribution in [0.15, 0.2) is 76.9 Å². The first-order chi connectivity index (χ1) is 15.8. The normalized spacial score (nSPS) is 16.1. The van der Waals surface area contributed by atoms with E-state index in [1.54, 1.807) is 22.7 Å². The van der Waals surface area contributed by atoms with Gasteiger partial charge in [0.15, 0.2) is 0 Å². The number of fused-ring (bicyclic) bond motifs is 1. The van der Waals surface area contributed by atoms with Gasteiger partial charge in [0.25, 0.3) is 0 Å². The van der Waals surface area contributed by atoms with Crippen LogP contribution >= 0.6 is 22.7 Å². The van der Waals surface area contributed by atoms with Crippen molar-refractivity contribution in [2.75, 3.05) is 13.1 Å². The minimum Gasteiger partial charge on any atom is -0.484 e. The largest absolute Gasteiger partial charge is 0.484 e. The molecule has 1 N–H and O–H groups in total. The zero-order valence-corrected chi connectivity index (χ0v) is 19.1. The lowest BCUT2D eigenvalue weighted by molar-refractivity contribution is -0.122. The molecule has 32 heavy (non-hydrogen) atoms. The number of nitrogens with zero attached hydrogens (tertiary/aromatic N) is 2. The summed E-state index contributed by atoms with van der Waals surface area (Å²) < 4.78 is 6.32. The fraction of sp³-hybridized carbons (Fsp3) is 0.200. The summed E-state index contributed by atoms with van der Waals surface area (Å²) in [7, 11) is 0. The number of thiophene rings is 1. The third-order valence-electron chi connectivity index (χ3n) is 5.48. The fourth-order valence-electron chi connectivity index (χ4n) is 3.90. The fourth-order valence-corrected chi connectivity index (χ4v) is 5.32. The maximum absolute atomic E-state index is 12.9. The maximum atomic E-state index is 12.9. The average molecular weight is 462 g/mol. The zero-order valence-electron chi connectivity index (χ0n) is 17.4. The van der Waals surface area contributed by atoms with E-state index in [2.05, 4.69) is 38.1 Å². The molecule has 1 aliphatic rings. The molecule has 1 unspecified atom stereocenters. The van der Waals surface area contributed by atoms with Crippen LogP contribution in [-0.2, 0) is 17.9 Å². The third kappa shape index (κ3) is 4.75. The number of ether oxygens (including phenoxy) is 1. The summed E-state index contributed by atoms with van der Waals surface area (Å²) in [4.78, 5) is 20.6. The number of hydrogen-bond donors (Lipinski definition) is 1. The molecule has 5 rings (SSSR count). The van der Waals surface area contributed by atoms with Gasteiger partial charge in [-0.1, -0.05) is 48.5 Å². The lowest BCUT2D eigenvalue weighted by atomic mass is 10.1. The molecule has 4 aromatic rings. The Balaban J connectivity index is 1.26. The molecular formula is C25H23N3O2S2. The number of rotatable bonds is 6. The molecule has 2 aromatic carbocycles. The number of carbonyl (C=O) groups is 1. The van der Waals surface area contributed by atoms with Gasteiger partial charge in [-0.25, -0.2) is 4.98 Å². The molecule has 0 radical (unpaired) electrons. The van der Waals surface area contributed by atoms with Crippen molar-refractivity contribution in [1.29, 1.82) is 0 Å². The van der Waals surface area contributed by atoms with Gasteiger partial charge >= 0.3 is 0 Å². The van der Waals surface area contributed by atoms with E-state index in [-0.39, 0.29) is 12.0 Å². The van der Waals surface area contributed by atoms with E-state index in [1.165, 1.54) is 0 Å². The predicted octanol–water partition coefficient (Wildman–Crippen LogP) is 5.12. The highest BCUT2D eigenvalue weighted by atomic mass is 32.1. The van der Waals surface area contributed by atoms with Gasteiger partial charge in [-0.15, -0.1) is 11.3 Å². The minimum atomic E-state index is -0.0936. The van der Waals surface area contributed by atoms with Crippen molar-refractivity contribution in [3.05, 3.63) is 92.9 Å². The molecule has 0 saturated carbocycles. The van der Waals surface area contributed by atoms with Crippen molar-refractivity contribution in [1.82, 2.24) is 15.2 Å². The highest BCUT2D eigenvalue weighted by Gasteiger charge is 2.25. The van der Waals surface area contributed by atoms with E-state index in [1.807, 2.05) is 54.0 Å². The summed E-state index contributed by atoms with van der Waals surface area (Å²) in [6.45, 7) is 2.13. The Hall–Kier alpha value is -3.00. The minimum absolute atomic E-state index is 0.000798. The van der Waals surface area contributed by atoms with Crippen molar-refractivity contribution in [3.63, 3.8) is 0 Å². The van der Waals surface area contributed by atoms with Crippen LogP contribution in [0, 0.1) is 0 Å². The van der Waals surface area contributed by atoms with E-state index in [0.29, 0.717) is 26.2 Å². The van der Waals surface area contributed by atoms with E-state index < -0.39 is 0 Å². The van der Waals surface area contributed by atoms with Crippen molar-refractivity contribution >= 4 is 28.6 Å². The predicted molar refractivity (Wildman–Crippen MR) is 129 cm³/mol. The van der Waals surface area contributed by atoms with E-state index in [4.69, 9.17) is 4.74 Å². The number of aromatic nitrogens is 1. The first-order valence-electron chi connectivity index (χ1n) is 10.5. The Morgan fingerprint density at radius 3 is 2.81 bits per heavy atom. The Morgan fingerprint density at radius 2 is 1.97 bits per heavy atom. The number of nitrogens with one attached hydrogen (secondary N) is 1. The van der Waals surface area contributed by atoms with Crippen LogP contribution in [0.4, 0.5) is 0 Å². The maximum Gasteiger partial charge on any atom is 0.234 e. The molecule has 3 heterocycles. The summed E-state index contributed by atoms with van der Waals surface area (Å²) >= 11 is 3.23. The van der Waals surface area contributed by atoms with Crippen LogP contribution in [-0.4, -0.2) is 28.9 Å². The monoisotopic (exact) mass is 461 g/mol. The van der Waals surface area contributed by atoms with Crippen molar-refractivity contribution in [3.8, 4) is 17.0 Å². The first-order valence-corrected chi connectivity index (χ1v) is 12.3. The summed E-state index contributed by atoms with van der Waals surface area (Å²) in [5, 5.41) is 7.27. The van der Waals surface area contributed by atoms with E-state index in [0.717, 1.165) is 33.0 Å². The van der Waals surface area contributed by atoms with Crippen LogP contribution in [0.5, 0.6) is 5.75 Å². The second kappa shape index (κ2) is 9.65. The zero-order chi connectivity index (χ0) is 21.8. The van der Waals surface area contributed by atoms with Gasteiger partial charge in [0.1, 0.15) is 11.9 Å². The van der Waals surface area contributed by atoms with E-state index >= 15 is 0 Å². The molecule has 1 atom stereocenters. The van der Waals surface area contributed by atoms with Crippen LogP contribution in [0.25, 0.3) is 11.3 Å². The van der Waals surface area contributed by atoms with Gasteiger partial charge in [0.2, 0.25) is 5.91 Å². The molecule has 0 fully saturated rings. The molecule has 0 bridgehead atoms. The van der Waals surface area contributed by atoms with Crippen LogP contribution in [0.3, 0.4) is 0 Å². The van der Waals surface area contributed by atoms with Gasteiger partial charge < -0.3 is 10.1 Å². The Bertz CT molecular complexity index is 1170. The van der Waals surface area contributed by atoms with Crippen molar-refractivity contribution in [2.24, 2.45) is 0 Å². The third-order valence-corrected chi connectivity index (χ3v) is 7.01. The van der Waals surface area contributed by atoms with Crippen LogP contribution in [0.2, 0.25) is 0 Å². The average Bonchev–Trinajstić information content (AvgIpc) is 3.48. The quantitative estimate of drug-likeness (QED) is 0.433. The molecule has 5 nitrogen and oxygen atoms in total. The van der Waals surface area contributed by atoms with Crippen LogP contribution in [0.1, 0.15) is 22.1 Å². The van der Waals surface area contributed by atoms with Crippen molar-refractivity contribution < 1.29 is 9.53 Å². The molecule has 0 saturated heterocycles.